The van der Waals surface area contributed by atoms with Crippen LogP contribution in [0.2, 0.25) is 0 Å². The number of hydrogen-bond acceptors (Lipinski definition) is 2. The molecule has 2 rings (SSSR count). The monoisotopic (exact) mass is 289 g/mol. The molecule has 0 saturated heterocycles. The largest absolute Gasteiger partial charge is 0.491 e. The number of nitrogens with one attached hydrogen (secondary N) is 1. The Hall–Kier alpha value is -1.02. The third-order valence-corrected chi connectivity index (χ3v) is 4.56. The number of rotatable bonds is 7. The zero-order valence-corrected chi connectivity index (χ0v) is 14.1. The maximum Gasteiger partial charge on any atom is 0.120 e. The highest BCUT2D eigenvalue weighted by atomic mass is 16.5. The van der Waals surface area contributed by atoms with Gasteiger partial charge < -0.3 is 10.1 Å². The summed E-state index contributed by atoms with van der Waals surface area (Å²) >= 11 is 0. The normalized spacial score (nSPS) is 23.5. The van der Waals surface area contributed by atoms with Crippen molar-refractivity contribution in [2.75, 3.05) is 6.54 Å². The third kappa shape index (κ3) is 4.47. The van der Waals surface area contributed by atoms with Crippen molar-refractivity contribution in [2.45, 2.75) is 65.5 Å². The average molecular weight is 289 g/mol. The number of hydrogen-bond donors (Lipinski definition) is 1. The van der Waals surface area contributed by atoms with Gasteiger partial charge in [0.25, 0.3) is 0 Å². The maximum atomic E-state index is 5.87. The minimum absolute atomic E-state index is 0.229. The van der Waals surface area contributed by atoms with Gasteiger partial charge in [0.05, 0.1) is 6.10 Å². The van der Waals surface area contributed by atoms with E-state index in [0.717, 1.165) is 24.1 Å². The van der Waals surface area contributed by atoms with E-state index >= 15 is 0 Å². The van der Waals surface area contributed by atoms with Gasteiger partial charge in [0.2, 0.25) is 0 Å². The lowest BCUT2D eigenvalue weighted by Crippen LogP contribution is -2.30. The first-order valence-electron chi connectivity index (χ1n) is 8.61. The Balaban J connectivity index is 2.19. The van der Waals surface area contributed by atoms with Crippen molar-refractivity contribution in [1.29, 1.82) is 0 Å². The molecule has 0 bridgehead atoms. The zero-order chi connectivity index (χ0) is 15.2. The molecule has 0 heterocycles. The van der Waals surface area contributed by atoms with Gasteiger partial charge >= 0.3 is 0 Å². The van der Waals surface area contributed by atoms with E-state index in [0.29, 0.717) is 6.04 Å². The highest BCUT2D eigenvalue weighted by Crippen LogP contribution is 2.40. The van der Waals surface area contributed by atoms with Crippen LogP contribution in [0.1, 0.15) is 65.0 Å². The molecule has 3 unspecified atom stereocenters. The van der Waals surface area contributed by atoms with Crippen molar-refractivity contribution in [3.63, 3.8) is 0 Å². The first-order valence-corrected chi connectivity index (χ1v) is 8.61. The summed E-state index contributed by atoms with van der Waals surface area (Å²) in [6.45, 7) is 9.90. The molecule has 0 radical (unpaired) electrons. The van der Waals surface area contributed by atoms with Crippen LogP contribution in [0.15, 0.2) is 24.3 Å². The Morgan fingerprint density at radius 3 is 2.71 bits per heavy atom. The number of ether oxygens (including phenoxy) is 1. The van der Waals surface area contributed by atoms with E-state index in [-0.39, 0.29) is 6.10 Å². The minimum atomic E-state index is 0.229. The molecule has 2 nitrogen and oxygen atoms in total. The Kier molecular flexibility index (Phi) is 6.10. The van der Waals surface area contributed by atoms with Crippen LogP contribution in [0.3, 0.4) is 0 Å². The van der Waals surface area contributed by atoms with Gasteiger partial charge in [-0.2, -0.15) is 0 Å². The molecule has 1 N–H and O–H groups in total. The summed E-state index contributed by atoms with van der Waals surface area (Å²) < 4.78 is 5.87. The van der Waals surface area contributed by atoms with Crippen molar-refractivity contribution in [3.05, 3.63) is 29.8 Å². The highest BCUT2D eigenvalue weighted by Gasteiger charge is 2.31. The molecule has 2 heteroatoms. The predicted molar refractivity (Wildman–Crippen MR) is 89.7 cm³/mol. The molecule has 1 aromatic carbocycles. The van der Waals surface area contributed by atoms with E-state index in [2.05, 4.69) is 57.3 Å². The third-order valence-electron chi connectivity index (χ3n) is 4.56. The predicted octanol–water partition coefficient (Wildman–Crippen LogP) is 4.95. The van der Waals surface area contributed by atoms with Gasteiger partial charge in [-0.25, -0.2) is 0 Å². The molecule has 1 fully saturated rings. The lowest BCUT2D eigenvalue weighted by molar-refractivity contribution is 0.241. The quantitative estimate of drug-likeness (QED) is 0.766. The van der Waals surface area contributed by atoms with Gasteiger partial charge in [-0.3, -0.25) is 0 Å². The average Bonchev–Trinajstić information content (AvgIpc) is 2.85. The molecule has 21 heavy (non-hydrogen) atoms. The summed E-state index contributed by atoms with van der Waals surface area (Å²) in [5, 5.41) is 3.78. The molecule has 1 aliphatic rings. The molecule has 0 spiro atoms. The Labute approximate surface area is 130 Å². The van der Waals surface area contributed by atoms with Crippen molar-refractivity contribution in [3.8, 4) is 5.75 Å². The second kappa shape index (κ2) is 7.84. The summed E-state index contributed by atoms with van der Waals surface area (Å²) in [5.41, 5.74) is 1.39. The maximum absolute atomic E-state index is 5.87. The van der Waals surface area contributed by atoms with Crippen LogP contribution in [-0.4, -0.2) is 12.6 Å². The first kappa shape index (κ1) is 16.4. The molecule has 3 atom stereocenters. The Bertz CT molecular complexity index is 429. The van der Waals surface area contributed by atoms with Crippen LogP contribution >= 0.6 is 0 Å². The van der Waals surface area contributed by atoms with Crippen LogP contribution in [0, 0.1) is 11.8 Å². The second-order valence-corrected chi connectivity index (χ2v) is 6.74. The SMILES string of the molecule is CCCNC(c1cccc(OC(C)C)c1)C1CCCC1C. The Morgan fingerprint density at radius 2 is 2.10 bits per heavy atom. The summed E-state index contributed by atoms with van der Waals surface area (Å²) in [6.07, 6.45) is 5.50. The van der Waals surface area contributed by atoms with E-state index in [1.807, 2.05) is 0 Å². The van der Waals surface area contributed by atoms with E-state index in [9.17, 15) is 0 Å². The number of benzene rings is 1. The lowest BCUT2D eigenvalue weighted by atomic mass is 9.85. The fourth-order valence-electron chi connectivity index (χ4n) is 3.54. The van der Waals surface area contributed by atoms with Gasteiger partial charge in [0.1, 0.15) is 5.75 Å². The van der Waals surface area contributed by atoms with Crippen molar-refractivity contribution >= 4 is 0 Å². The summed E-state index contributed by atoms with van der Waals surface area (Å²) in [4.78, 5) is 0. The molecule has 1 aromatic rings. The van der Waals surface area contributed by atoms with E-state index in [1.165, 1.54) is 31.2 Å². The van der Waals surface area contributed by atoms with Crippen LogP contribution in [0.4, 0.5) is 0 Å². The summed E-state index contributed by atoms with van der Waals surface area (Å²) in [5.74, 6) is 2.57. The van der Waals surface area contributed by atoms with Gasteiger partial charge in [0, 0.05) is 6.04 Å². The first-order chi connectivity index (χ1) is 10.1. The van der Waals surface area contributed by atoms with Crippen molar-refractivity contribution in [1.82, 2.24) is 5.32 Å². The van der Waals surface area contributed by atoms with Crippen LogP contribution in [0.25, 0.3) is 0 Å². The van der Waals surface area contributed by atoms with E-state index in [4.69, 9.17) is 4.74 Å². The molecule has 0 amide bonds. The van der Waals surface area contributed by atoms with E-state index in [1.54, 1.807) is 0 Å². The highest BCUT2D eigenvalue weighted by molar-refractivity contribution is 5.31. The molecule has 1 aliphatic carbocycles. The van der Waals surface area contributed by atoms with Gasteiger partial charge in [-0.15, -0.1) is 0 Å². The fraction of sp³-hybridized carbons (Fsp3) is 0.684. The van der Waals surface area contributed by atoms with Crippen LogP contribution in [0.5, 0.6) is 5.75 Å². The molecular formula is C19H31NO. The van der Waals surface area contributed by atoms with E-state index < -0.39 is 0 Å². The summed E-state index contributed by atoms with van der Waals surface area (Å²) in [6, 6.07) is 9.16. The summed E-state index contributed by atoms with van der Waals surface area (Å²) in [7, 11) is 0. The molecule has 118 valence electrons. The molecule has 0 aliphatic heterocycles. The van der Waals surface area contributed by atoms with Crippen molar-refractivity contribution in [2.24, 2.45) is 11.8 Å². The standard InChI is InChI=1S/C19H31NO/c1-5-12-20-19(18-11-6-8-15(18)4)16-9-7-10-17(13-16)21-14(2)3/h7,9-10,13-15,18-20H,5-6,8,11-12H2,1-4H3. The van der Waals surface area contributed by atoms with Crippen LogP contribution < -0.4 is 10.1 Å². The lowest BCUT2D eigenvalue weighted by Gasteiger charge is -2.29. The van der Waals surface area contributed by atoms with Gasteiger partial charge in [0.15, 0.2) is 0 Å². The van der Waals surface area contributed by atoms with Crippen LogP contribution in [-0.2, 0) is 0 Å². The molecule has 0 aromatic heterocycles. The smallest absolute Gasteiger partial charge is 0.120 e. The molecular weight excluding hydrogens is 258 g/mol. The molecule has 1 saturated carbocycles. The van der Waals surface area contributed by atoms with Gasteiger partial charge in [-0.05, 0) is 62.8 Å². The second-order valence-electron chi connectivity index (χ2n) is 6.74. The van der Waals surface area contributed by atoms with Gasteiger partial charge in [-0.1, -0.05) is 38.8 Å². The Morgan fingerprint density at radius 1 is 1.29 bits per heavy atom. The van der Waals surface area contributed by atoms with Crippen molar-refractivity contribution < 1.29 is 4.74 Å². The minimum Gasteiger partial charge on any atom is -0.491 e. The topological polar surface area (TPSA) is 21.3 Å². The fourth-order valence-corrected chi connectivity index (χ4v) is 3.54. The zero-order valence-electron chi connectivity index (χ0n) is 14.1.